The van der Waals surface area contributed by atoms with E-state index in [1.54, 1.807) is 5.06 Å². The van der Waals surface area contributed by atoms with Crippen molar-refractivity contribution in [2.75, 3.05) is 20.3 Å². The highest BCUT2D eigenvalue weighted by atomic mass is 127. The predicted octanol–water partition coefficient (Wildman–Crippen LogP) is 0.597. The summed E-state index contributed by atoms with van der Waals surface area (Å²) in [5, 5.41) is 1.70. The number of halogens is 2. The van der Waals surface area contributed by atoms with E-state index in [0.29, 0.717) is 13.2 Å². The monoisotopic (exact) mass is 437 g/mol. The molecule has 4 unspecified atom stereocenters. The second kappa shape index (κ2) is 4.90. The molecule has 0 aromatic heterocycles. The highest BCUT2D eigenvalue weighted by Gasteiger charge is 2.59. The lowest BCUT2D eigenvalue weighted by molar-refractivity contribution is -0.242. The van der Waals surface area contributed by atoms with Crippen molar-refractivity contribution >= 4 is 53.9 Å². The maximum Gasteiger partial charge on any atom is 0.146 e. The largest absolute Gasteiger partial charge is 0.372 e. The van der Waals surface area contributed by atoms with E-state index in [-0.39, 0.29) is 12.1 Å². The maximum atomic E-state index is 5.91. The lowest BCUT2D eigenvalue weighted by atomic mass is 9.86. The Kier molecular flexibility index (Phi) is 4.18. The van der Waals surface area contributed by atoms with Gasteiger partial charge in [0.1, 0.15) is 72.2 Å². The zero-order valence-electron chi connectivity index (χ0n) is 8.06. The first-order valence-electron chi connectivity index (χ1n) is 4.45. The van der Waals surface area contributed by atoms with Crippen molar-refractivity contribution in [2.45, 2.75) is 23.8 Å². The minimum atomic E-state index is -0.584. The van der Waals surface area contributed by atoms with Crippen LogP contribution in [0.3, 0.4) is 0 Å². The predicted molar refractivity (Wildman–Crippen MR) is 69.7 cm³/mol. The summed E-state index contributed by atoms with van der Waals surface area (Å²) in [5.74, 6) is 0. The quantitative estimate of drug-likeness (QED) is 0.479. The van der Waals surface area contributed by atoms with E-state index in [2.05, 4.69) is 0 Å². The molecule has 2 aliphatic heterocycles. The average molecular weight is 437 g/mol. The highest BCUT2D eigenvalue weighted by molar-refractivity contribution is 14.1. The van der Waals surface area contributed by atoms with Gasteiger partial charge in [0.2, 0.25) is 0 Å². The van der Waals surface area contributed by atoms with Crippen LogP contribution in [0.1, 0.15) is 0 Å². The second-order valence-electron chi connectivity index (χ2n) is 3.72. The molecule has 2 rings (SSSR count). The summed E-state index contributed by atoms with van der Waals surface area (Å²) < 4.78 is 16.3. The van der Waals surface area contributed by atoms with Gasteiger partial charge in [-0.05, 0) is 0 Å². The van der Waals surface area contributed by atoms with Crippen LogP contribution in [-0.4, -0.2) is 56.9 Å². The Bertz CT molecular complexity index is 249. The third-order valence-electron chi connectivity index (χ3n) is 2.86. The molecule has 84 valence electrons. The molecule has 0 spiro atoms. The van der Waals surface area contributed by atoms with Crippen LogP contribution in [0.2, 0.25) is 0 Å². The Labute approximate surface area is 118 Å². The highest BCUT2D eigenvalue weighted by Crippen LogP contribution is 2.40. The van der Waals surface area contributed by atoms with E-state index in [4.69, 9.17) is 23.6 Å². The fourth-order valence-corrected chi connectivity index (χ4v) is 3.38. The number of fused-ring (bicyclic) bond motifs is 2. The lowest BCUT2D eigenvalue weighted by Crippen LogP contribution is -2.59. The van der Waals surface area contributed by atoms with Gasteiger partial charge in [-0.3, -0.25) is 4.84 Å². The smallest absolute Gasteiger partial charge is 0.146 e. The number of hydrogen-bond donors (Lipinski definition) is 0. The molecule has 0 saturated carbocycles. The Morgan fingerprint density at radius 3 is 2.93 bits per heavy atom. The standard InChI is InChI=1S/C7H10BI2NO4/c1-11-4-5(15-10)7(2-12-9,3-13-11)14-6(4)8/h4-6H,2-3H2,1H3. The van der Waals surface area contributed by atoms with Crippen LogP contribution in [-0.2, 0) is 15.7 Å². The van der Waals surface area contributed by atoms with Crippen LogP contribution in [0.5, 0.6) is 0 Å². The third kappa shape index (κ3) is 2.06. The van der Waals surface area contributed by atoms with Gasteiger partial charge in [0.05, 0.1) is 12.6 Å². The average Bonchev–Trinajstić information content (AvgIpc) is 2.41. The first-order chi connectivity index (χ1) is 7.14. The lowest BCUT2D eigenvalue weighted by Gasteiger charge is -2.40. The van der Waals surface area contributed by atoms with E-state index in [1.807, 2.05) is 53.1 Å². The summed E-state index contributed by atoms with van der Waals surface area (Å²) in [6.07, 6.45) is -0.137. The van der Waals surface area contributed by atoms with Crippen molar-refractivity contribution in [2.24, 2.45) is 0 Å². The SMILES string of the molecule is [B]C1OC2(COI)CON(C)C1C2OI. The minimum absolute atomic E-state index is 0.0952. The number of ether oxygens (including phenoxy) is 1. The Morgan fingerprint density at radius 2 is 2.33 bits per heavy atom. The topological polar surface area (TPSA) is 40.2 Å². The molecule has 8 heteroatoms. The molecular weight excluding hydrogens is 427 g/mol. The molecule has 2 heterocycles. The molecule has 4 atom stereocenters. The molecule has 2 radical (unpaired) electrons. The Morgan fingerprint density at radius 1 is 1.60 bits per heavy atom. The molecule has 15 heavy (non-hydrogen) atoms. The van der Waals surface area contributed by atoms with Gasteiger partial charge >= 0.3 is 0 Å². The first kappa shape index (κ1) is 12.8. The summed E-state index contributed by atoms with van der Waals surface area (Å²) in [4.78, 5) is 5.48. The fraction of sp³-hybridized carbons (Fsp3) is 1.00. The summed E-state index contributed by atoms with van der Waals surface area (Å²) in [6.45, 7) is 0.795. The minimum Gasteiger partial charge on any atom is -0.372 e. The Balaban J connectivity index is 2.25. The molecule has 2 aliphatic rings. The van der Waals surface area contributed by atoms with E-state index in [0.717, 1.165) is 0 Å². The zero-order valence-corrected chi connectivity index (χ0v) is 12.4. The van der Waals surface area contributed by atoms with Crippen molar-refractivity contribution < 1.29 is 15.7 Å². The molecule has 0 aromatic carbocycles. The number of rotatable bonds is 3. The van der Waals surface area contributed by atoms with Crippen molar-refractivity contribution in [3.8, 4) is 0 Å². The molecule has 0 amide bonds. The van der Waals surface area contributed by atoms with E-state index >= 15 is 0 Å². The van der Waals surface area contributed by atoms with Gasteiger partial charge in [0, 0.05) is 13.1 Å². The van der Waals surface area contributed by atoms with Gasteiger partial charge in [-0.15, -0.1) is 0 Å². The van der Waals surface area contributed by atoms with Crippen molar-refractivity contribution in [3.05, 3.63) is 0 Å². The molecule has 5 nitrogen and oxygen atoms in total. The summed E-state index contributed by atoms with van der Waals surface area (Å²) in [7, 11) is 7.74. The first-order valence-corrected chi connectivity index (χ1v) is 6.21. The van der Waals surface area contributed by atoms with Crippen LogP contribution < -0.4 is 0 Å². The van der Waals surface area contributed by atoms with Gasteiger partial charge in [-0.2, -0.15) is 5.06 Å². The van der Waals surface area contributed by atoms with E-state index in [1.165, 1.54) is 0 Å². The third-order valence-corrected chi connectivity index (χ3v) is 3.72. The number of nitrogens with zero attached hydrogens (tertiary/aromatic N) is 1. The van der Waals surface area contributed by atoms with Crippen LogP contribution in [0.4, 0.5) is 0 Å². The molecule has 0 aromatic rings. The van der Waals surface area contributed by atoms with Crippen molar-refractivity contribution in [1.82, 2.24) is 5.06 Å². The van der Waals surface area contributed by atoms with E-state index in [9.17, 15) is 0 Å². The van der Waals surface area contributed by atoms with Gasteiger partial charge in [0.15, 0.2) is 0 Å². The van der Waals surface area contributed by atoms with Gasteiger partial charge in [-0.25, -0.2) is 0 Å². The molecule has 2 fully saturated rings. The van der Waals surface area contributed by atoms with Crippen LogP contribution in [0.15, 0.2) is 0 Å². The van der Waals surface area contributed by atoms with Gasteiger partial charge < -0.3 is 10.9 Å². The molecule has 0 aliphatic carbocycles. The van der Waals surface area contributed by atoms with Crippen molar-refractivity contribution in [3.63, 3.8) is 0 Å². The number of hydrogen-bond acceptors (Lipinski definition) is 5. The van der Waals surface area contributed by atoms with Gasteiger partial charge in [-0.1, -0.05) is 0 Å². The fourth-order valence-electron chi connectivity index (χ4n) is 2.09. The normalized spacial score (nSPS) is 45.9. The van der Waals surface area contributed by atoms with Crippen LogP contribution >= 0.6 is 46.0 Å². The molecule has 2 bridgehead atoms. The van der Waals surface area contributed by atoms with Gasteiger partial charge in [0.25, 0.3) is 0 Å². The summed E-state index contributed by atoms with van der Waals surface area (Å²) in [5.41, 5.74) is -0.584. The van der Waals surface area contributed by atoms with Crippen LogP contribution in [0, 0.1) is 0 Å². The summed E-state index contributed by atoms with van der Waals surface area (Å²) >= 11 is 3.70. The van der Waals surface area contributed by atoms with Crippen LogP contribution in [0.25, 0.3) is 0 Å². The van der Waals surface area contributed by atoms with E-state index < -0.39 is 11.6 Å². The molecule has 0 N–H and O–H groups in total. The Hall–Kier alpha value is 1.32. The summed E-state index contributed by atoms with van der Waals surface area (Å²) in [6, 6.07) is -0.508. The molecular formula is C7H10BI2NO4. The second-order valence-corrected chi connectivity index (χ2v) is 4.85. The number of hydroxylamine groups is 2. The zero-order chi connectivity index (χ0) is 11.1. The van der Waals surface area contributed by atoms with Crippen molar-refractivity contribution in [1.29, 1.82) is 0 Å². The number of likely N-dealkylation sites (N-methyl/N-ethyl adjacent to an activating group) is 1. The maximum absolute atomic E-state index is 5.91. The molecule has 2 saturated heterocycles.